The van der Waals surface area contributed by atoms with E-state index in [4.69, 9.17) is 19.8 Å². The average molecular weight is 279 g/mol. The van der Waals surface area contributed by atoms with Gasteiger partial charge >= 0.3 is 7.12 Å². The topological polar surface area (TPSA) is 53.7 Å². The lowest BCUT2D eigenvalue weighted by molar-refractivity contribution is 0.00578. The van der Waals surface area contributed by atoms with Gasteiger partial charge in [0.2, 0.25) is 0 Å². The normalized spacial score (nSPS) is 19.2. The molecule has 0 radical (unpaired) electrons. The Kier molecular flexibility index (Phi) is 5.11. The molecule has 5 heteroatoms. The molecule has 2 N–H and O–H groups in total. The van der Waals surface area contributed by atoms with Gasteiger partial charge in [0.1, 0.15) is 5.75 Å². The van der Waals surface area contributed by atoms with Crippen LogP contribution in [0.25, 0.3) is 0 Å². The molecule has 1 heterocycles. The van der Waals surface area contributed by atoms with Crippen LogP contribution in [0.1, 0.15) is 41.5 Å². The molecular formula is C15H26BNO3. The predicted octanol–water partition coefficient (Wildman–Crippen LogP) is 2.60. The minimum atomic E-state index is -0.386. The fraction of sp³-hybridized carbons (Fsp3) is 0.600. The zero-order chi connectivity index (χ0) is 15.6. The van der Waals surface area contributed by atoms with Crippen molar-refractivity contribution in [3.05, 3.63) is 18.2 Å². The Morgan fingerprint density at radius 2 is 1.55 bits per heavy atom. The van der Waals surface area contributed by atoms with Crippen molar-refractivity contribution < 1.29 is 14.0 Å². The van der Waals surface area contributed by atoms with Gasteiger partial charge in [-0.15, -0.1) is 0 Å². The zero-order valence-electron chi connectivity index (χ0n) is 13.6. The van der Waals surface area contributed by atoms with Gasteiger partial charge in [0.25, 0.3) is 0 Å². The van der Waals surface area contributed by atoms with Crippen molar-refractivity contribution in [2.45, 2.75) is 52.7 Å². The molecule has 1 saturated heterocycles. The number of methoxy groups -OCH3 is 1. The minimum absolute atomic E-state index is 0.341. The largest absolute Gasteiger partial charge is 0.495 e. The Morgan fingerprint density at radius 3 is 1.95 bits per heavy atom. The van der Waals surface area contributed by atoms with Gasteiger partial charge in [-0.1, -0.05) is 19.9 Å². The number of rotatable bonds is 2. The van der Waals surface area contributed by atoms with E-state index in [9.17, 15) is 0 Å². The van der Waals surface area contributed by atoms with Crippen LogP contribution in [0, 0.1) is 0 Å². The van der Waals surface area contributed by atoms with E-state index in [1.54, 1.807) is 7.11 Å². The van der Waals surface area contributed by atoms with Crippen molar-refractivity contribution in [3.8, 4) is 5.75 Å². The number of ether oxygens (including phenoxy) is 1. The Hall–Kier alpha value is -1.20. The summed E-state index contributed by atoms with van der Waals surface area (Å²) in [6.07, 6.45) is 0. The van der Waals surface area contributed by atoms with E-state index in [1.165, 1.54) is 0 Å². The maximum atomic E-state index is 5.96. The van der Waals surface area contributed by atoms with E-state index >= 15 is 0 Å². The first kappa shape index (κ1) is 16.9. The molecule has 20 heavy (non-hydrogen) atoms. The quantitative estimate of drug-likeness (QED) is 0.668. The zero-order valence-corrected chi connectivity index (χ0v) is 13.6. The number of benzene rings is 1. The third kappa shape index (κ3) is 3.10. The van der Waals surface area contributed by atoms with Gasteiger partial charge in [-0.3, -0.25) is 0 Å². The second-order valence-electron chi connectivity index (χ2n) is 5.59. The van der Waals surface area contributed by atoms with Crippen LogP contribution in [0.3, 0.4) is 0 Å². The second-order valence-corrected chi connectivity index (χ2v) is 5.59. The lowest BCUT2D eigenvalue weighted by Crippen LogP contribution is -2.41. The lowest BCUT2D eigenvalue weighted by Gasteiger charge is -2.32. The summed E-state index contributed by atoms with van der Waals surface area (Å²) in [7, 11) is 1.21. The molecule has 0 saturated carbocycles. The third-order valence-corrected chi connectivity index (χ3v) is 3.78. The lowest BCUT2D eigenvalue weighted by atomic mass is 9.79. The van der Waals surface area contributed by atoms with Gasteiger partial charge in [0.05, 0.1) is 24.0 Å². The maximum absolute atomic E-state index is 5.96. The third-order valence-electron chi connectivity index (χ3n) is 3.78. The molecule has 1 aliphatic heterocycles. The highest BCUT2D eigenvalue weighted by Crippen LogP contribution is 2.36. The van der Waals surface area contributed by atoms with Crippen LogP contribution in [0.5, 0.6) is 5.75 Å². The van der Waals surface area contributed by atoms with E-state index in [2.05, 4.69) is 0 Å². The van der Waals surface area contributed by atoms with Crippen molar-refractivity contribution in [2.24, 2.45) is 0 Å². The van der Waals surface area contributed by atoms with Gasteiger partial charge in [0, 0.05) is 0 Å². The number of nitrogens with two attached hydrogens (primary N) is 1. The van der Waals surface area contributed by atoms with Crippen LogP contribution in [-0.4, -0.2) is 25.4 Å². The summed E-state index contributed by atoms with van der Waals surface area (Å²) < 4.78 is 17.1. The number of nitrogen functional groups attached to an aromatic ring is 1. The summed E-state index contributed by atoms with van der Waals surface area (Å²) in [6, 6.07) is 5.58. The minimum Gasteiger partial charge on any atom is -0.495 e. The van der Waals surface area contributed by atoms with Crippen LogP contribution in [0.4, 0.5) is 5.69 Å². The summed E-state index contributed by atoms with van der Waals surface area (Å²) in [6.45, 7) is 12.1. The van der Waals surface area contributed by atoms with Gasteiger partial charge in [-0.05, 0) is 45.3 Å². The molecule has 0 bridgehead atoms. The van der Waals surface area contributed by atoms with Crippen LogP contribution in [-0.2, 0) is 9.31 Å². The molecule has 1 aromatic rings. The standard InChI is InChI=1S/C13H20BNO3.C2H6/c1-12(2)13(3,4)18-14(17-12)9-6-7-11(16-5)10(15)8-9;1-2/h6-8H,15H2,1-5H3;1-2H3. The van der Waals surface area contributed by atoms with Crippen molar-refractivity contribution in [1.29, 1.82) is 0 Å². The number of anilines is 1. The molecule has 1 aliphatic rings. The summed E-state index contributed by atoms with van der Waals surface area (Å²) in [5, 5.41) is 0. The van der Waals surface area contributed by atoms with Crippen molar-refractivity contribution in [1.82, 2.24) is 0 Å². The molecule has 0 spiro atoms. The molecule has 1 fully saturated rings. The highest BCUT2D eigenvalue weighted by Gasteiger charge is 2.51. The van der Waals surface area contributed by atoms with Crippen LogP contribution >= 0.6 is 0 Å². The molecule has 0 aromatic heterocycles. The molecule has 0 unspecified atom stereocenters. The first-order valence-corrected chi connectivity index (χ1v) is 7.06. The Balaban J connectivity index is 0.000000956. The van der Waals surface area contributed by atoms with Crippen LogP contribution in [0.2, 0.25) is 0 Å². The maximum Gasteiger partial charge on any atom is 0.494 e. The Labute approximate surface area is 122 Å². The molecule has 0 aliphatic carbocycles. The first-order chi connectivity index (χ1) is 9.27. The highest BCUT2D eigenvalue weighted by atomic mass is 16.7. The summed E-state index contributed by atoms with van der Waals surface area (Å²) in [5.74, 6) is 0.662. The van der Waals surface area contributed by atoms with E-state index < -0.39 is 0 Å². The molecular weight excluding hydrogens is 253 g/mol. The van der Waals surface area contributed by atoms with E-state index in [1.807, 2.05) is 59.7 Å². The molecule has 4 nitrogen and oxygen atoms in total. The predicted molar refractivity (Wildman–Crippen MR) is 84.5 cm³/mol. The van der Waals surface area contributed by atoms with Gasteiger partial charge in [-0.25, -0.2) is 0 Å². The van der Waals surface area contributed by atoms with Crippen molar-refractivity contribution in [2.75, 3.05) is 12.8 Å². The second kappa shape index (κ2) is 6.06. The summed E-state index contributed by atoms with van der Waals surface area (Å²) >= 11 is 0. The van der Waals surface area contributed by atoms with Gasteiger partial charge in [0.15, 0.2) is 0 Å². The monoisotopic (exact) mass is 279 g/mol. The number of hydrogen-bond donors (Lipinski definition) is 1. The first-order valence-electron chi connectivity index (χ1n) is 7.06. The summed E-state index contributed by atoms with van der Waals surface area (Å²) in [5.41, 5.74) is 6.71. The highest BCUT2D eigenvalue weighted by molar-refractivity contribution is 6.62. The van der Waals surface area contributed by atoms with Gasteiger partial charge < -0.3 is 19.8 Å². The molecule has 2 rings (SSSR count). The average Bonchev–Trinajstić information content (AvgIpc) is 2.61. The van der Waals surface area contributed by atoms with Crippen molar-refractivity contribution >= 4 is 18.3 Å². The molecule has 0 amide bonds. The molecule has 1 aromatic carbocycles. The molecule has 0 atom stereocenters. The van der Waals surface area contributed by atoms with E-state index in [-0.39, 0.29) is 18.3 Å². The fourth-order valence-electron chi connectivity index (χ4n) is 1.88. The number of hydrogen-bond acceptors (Lipinski definition) is 4. The SMILES string of the molecule is CC.COc1ccc(B2OC(C)(C)C(C)(C)O2)cc1N. The Morgan fingerprint density at radius 1 is 1.05 bits per heavy atom. The summed E-state index contributed by atoms with van der Waals surface area (Å²) in [4.78, 5) is 0. The Bertz CT molecular complexity index is 444. The van der Waals surface area contributed by atoms with E-state index in [0.717, 1.165) is 5.46 Å². The molecule has 112 valence electrons. The van der Waals surface area contributed by atoms with Gasteiger partial charge in [-0.2, -0.15) is 0 Å². The van der Waals surface area contributed by atoms with Crippen molar-refractivity contribution in [3.63, 3.8) is 0 Å². The van der Waals surface area contributed by atoms with Crippen LogP contribution in [0.15, 0.2) is 18.2 Å². The van der Waals surface area contributed by atoms with E-state index in [0.29, 0.717) is 11.4 Å². The fourth-order valence-corrected chi connectivity index (χ4v) is 1.88. The van der Waals surface area contributed by atoms with Crippen LogP contribution < -0.4 is 15.9 Å². The smallest absolute Gasteiger partial charge is 0.494 e.